The second-order valence-corrected chi connectivity index (χ2v) is 7.54. The van der Waals surface area contributed by atoms with E-state index in [1.807, 2.05) is 35.0 Å². The number of ether oxygens (including phenoxy) is 2. The number of hydrogen-bond acceptors (Lipinski definition) is 6. The first kappa shape index (κ1) is 21.2. The largest absolute Gasteiger partial charge is 0.493 e. The molecule has 29 heavy (non-hydrogen) atoms. The Kier molecular flexibility index (Phi) is 7.17. The summed E-state index contributed by atoms with van der Waals surface area (Å²) in [6.07, 6.45) is 1.66. The molecule has 0 radical (unpaired) electrons. The predicted octanol–water partition coefficient (Wildman–Crippen LogP) is 2.38. The Hall–Kier alpha value is -2.51. The van der Waals surface area contributed by atoms with E-state index in [4.69, 9.17) is 13.9 Å². The Bertz CT molecular complexity index is 799. The summed E-state index contributed by atoms with van der Waals surface area (Å²) >= 11 is 0. The van der Waals surface area contributed by atoms with Gasteiger partial charge in [0.25, 0.3) is 0 Å². The van der Waals surface area contributed by atoms with Gasteiger partial charge in [-0.15, -0.1) is 0 Å². The van der Waals surface area contributed by atoms with Gasteiger partial charge in [-0.1, -0.05) is 0 Å². The first-order chi connectivity index (χ1) is 14.0. The maximum Gasteiger partial charge on any atom is 0.236 e. The normalized spacial score (nSPS) is 15.0. The topological polar surface area (TPSA) is 58.4 Å². The van der Waals surface area contributed by atoms with Crippen molar-refractivity contribution in [3.63, 3.8) is 0 Å². The smallest absolute Gasteiger partial charge is 0.236 e. The van der Waals surface area contributed by atoms with Crippen LogP contribution < -0.4 is 9.47 Å². The summed E-state index contributed by atoms with van der Waals surface area (Å²) in [6, 6.07) is 7.86. The average molecular weight is 402 g/mol. The van der Waals surface area contributed by atoms with Crippen LogP contribution in [-0.2, 0) is 17.9 Å². The molecule has 158 valence electrons. The van der Waals surface area contributed by atoms with Gasteiger partial charge >= 0.3 is 0 Å². The van der Waals surface area contributed by atoms with E-state index in [1.165, 1.54) is 11.1 Å². The molecule has 1 amide bonds. The zero-order chi connectivity index (χ0) is 20.8. The summed E-state index contributed by atoms with van der Waals surface area (Å²) < 4.78 is 16.2. The highest BCUT2D eigenvalue weighted by molar-refractivity contribution is 5.78. The van der Waals surface area contributed by atoms with E-state index < -0.39 is 0 Å². The molecular weight excluding hydrogens is 370 g/mol. The van der Waals surface area contributed by atoms with Crippen molar-refractivity contribution in [2.75, 3.05) is 54.0 Å². The predicted molar refractivity (Wildman–Crippen MR) is 111 cm³/mol. The molecule has 0 bridgehead atoms. The van der Waals surface area contributed by atoms with Gasteiger partial charge in [0, 0.05) is 32.7 Å². The molecule has 7 nitrogen and oxygen atoms in total. The van der Waals surface area contributed by atoms with Crippen LogP contribution in [0.1, 0.15) is 16.9 Å². The standard InChI is InChI=1S/C22H31N3O4/c1-17-12-20(27-3)21(28-4)13-18(17)14-24-7-9-25(10-8-24)22(26)16-23(2)15-19-6-5-11-29-19/h5-6,11-13H,7-10,14-16H2,1-4H3. The van der Waals surface area contributed by atoms with Crippen LogP contribution >= 0.6 is 0 Å². The third-order valence-electron chi connectivity index (χ3n) is 5.37. The molecule has 2 heterocycles. The minimum absolute atomic E-state index is 0.168. The highest BCUT2D eigenvalue weighted by atomic mass is 16.5. The number of carbonyl (C=O) groups is 1. The van der Waals surface area contributed by atoms with Gasteiger partial charge in [0.15, 0.2) is 11.5 Å². The van der Waals surface area contributed by atoms with Crippen LogP contribution in [-0.4, -0.2) is 74.6 Å². The monoisotopic (exact) mass is 401 g/mol. The molecule has 1 aromatic heterocycles. The van der Waals surface area contributed by atoms with Crippen LogP contribution in [0, 0.1) is 6.92 Å². The number of methoxy groups -OCH3 is 2. The van der Waals surface area contributed by atoms with Crippen molar-refractivity contribution in [2.24, 2.45) is 0 Å². The SMILES string of the molecule is COc1cc(C)c(CN2CCN(C(=O)CN(C)Cc3ccco3)CC2)cc1OC. The number of furan rings is 1. The van der Waals surface area contributed by atoms with Gasteiger partial charge in [0.05, 0.1) is 33.6 Å². The van der Waals surface area contributed by atoms with Gasteiger partial charge in [-0.05, 0) is 49.4 Å². The number of carbonyl (C=O) groups excluding carboxylic acids is 1. The van der Waals surface area contributed by atoms with Crippen molar-refractivity contribution in [3.8, 4) is 11.5 Å². The molecule has 0 spiro atoms. The molecule has 0 unspecified atom stereocenters. The fourth-order valence-electron chi connectivity index (χ4n) is 3.64. The minimum atomic E-state index is 0.168. The van der Waals surface area contributed by atoms with E-state index in [9.17, 15) is 4.79 Å². The second-order valence-electron chi connectivity index (χ2n) is 7.54. The summed E-state index contributed by atoms with van der Waals surface area (Å²) in [7, 11) is 5.25. The second kappa shape index (κ2) is 9.80. The molecule has 7 heteroatoms. The van der Waals surface area contributed by atoms with E-state index in [1.54, 1.807) is 20.5 Å². The van der Waals surface area contributed by atoms with Crippen LogP contribution in [0.2, 0.25) is 0 Å². The van der Waals surface area contributed by atoms with Crippen LogP contribution in [0.15, 0.2) is 34.9 Å². The van der Waals surface area contributed by atoms with Gasteiger partial charge in [-0.25, -0.2) is 0 Å². The van der Waals surface area contributed by atoms with Crippen molar-refractivity contribution in [1.82, 2.24) is 14.7 Å². The van der Waals surface area contributed by atoms with E-state index in [0.717, 1.165) is 50.0 Å². The van der Waals surface area contributed by atoms with E-state index in [-0.39, 0.29) is 5.91 Å². The number of hydrogen-bond donors (Lipinski definition) is 0. The quantitative estimate of drug-likeness (QED) is 0.677. The lowest BCUT2D eigenvalue weighted by Crippen LogP contribution is -2.50. The number of likely N-dealkylation sites (N-methyl/N-ethyl adjacent to an activating group) is 1. The molecule has 3 rings (SSSR count). The van der Waals surface area contributed by atoms with Crippen molar-refractivity contribution >= 4 is 5.91 Å². The Morgan fingerprint density at radius 1 is 1.14 bits per heavy atom. The molecule has 0 N–H and O–H groups in total. The molecule has 0 atom stereocenters. The fourth-order valence-corrected chi connectivity index (χ4v) is 3.64. The number of amides is 1. The molecule has 1 aromatic carbocycles. The summed E-state index contributed by atoms with van der Waals surface area (Å²) in [6.45, 7) is 7.19. The first-order valence-corrected chi connectivity index (χ1v) is 9.92. The molecule has 2 aromatic rings. The van der Waals surface area contributed by atoms with Crippen LogP contribution in [0.5, 0.6) is 11.5 Å². The number of piperazine rings is 1. The Labute approximate surface area is 172 Å². The Morgan fingerprint density at radius 2 is 1.83 bits per heavy atom. The molecule has 0 saturated carbocycles. The third kappa shape index (κ3) is 5.52. The van der Waals surface area contributed by atoms with Crippen molar-refractivity contribution in [2.45, 2.75) is 20.0 Å². The van der Waals surface area contributed by atoms with Crippen molar-refractivity contribution in [1.29, 1.82) is 0 Å². The zero-order valence-corrected chi connectivity index (χ0v) is 17.8. The van der Waals surface area contributed by atoms with Crippen LogP contribution in [0.3, 0.4) is 0 Å². The average Bonchev–Trinajstić information content (AvgIpc) is 3.22. The Morgan fingerprint density at radius 3 is 2.45 bits per heavy atom. The number of rotatable bonds is 8. The summed E-state index contributed by atoms with van der Waals surface area (Å²) in [4.78, 5) is 18.9. The third-order valence-corrected chi connectivity index (χ3v) is 5.37. The molecule has 0 aliphatic carbocycles. The maximum absolute atomic E-state index is 12.6. The zero-order valence-electron chi connectivity index (χ0n) is 17.8. The van der Waals surface area contributed by atoms with E-state index in [0.29, 0.717) is 13.1 Å². The van der Waals surface area contributed by atoms with Gasteiger partial charge in [-0.3, -0.25) is 14.6 Å². The minimum Gasteiger partial charge on any atom is -0.493 e. The lowest BCUT2D eigenvalue weighted by atomic mass is 10.1. The lowest BCUT2D eigenvalue weighted by molar-refractivity contribution is -0.134. The summed E-state index contributed by atoms with van der Waals surface area (Å²) in [5.41, 5.74) is 2.40. The van der Waals surface area contributed by atoms with Gasteiger partial charge in [-0.2, -0.15) is 0 Å². The Balaban J connectivity index is 1.49. The number of aryl methyl sites for hydroxylation is 1. The maximum atomic E-state index is 12.6. The molecule has 1 saturated heterocycles. The van der Waals surface area contributed by atoms with Crippen LogP contribution in [0.25, 0.3) is 0 Å². The fraction of sp³-hybridized carbons (Fsp3) is 0.500. The first-order valence-electron chi connectivity index (χ1n) is 9.92. The molecule has 1 aliphatic rings. The molecular formula is C22H31N3O4. The highest BCUT2D eigenvalue weighted by Crippen LogP contribution is 2.31. The van der Waals surface area contributed by atoms with Crippen molar-refractivity contribution < 1.29 is 18.7 Å². The van der Waals surface area contributed by atoms with Crippen molar-refractivity contribution in [3.05, 3.63) is 47.4 Å². The molecule has 1 fully saturated rings. The lowest BCUT2D eigenvalue weighted by Gasteiger charge is -2.35. The van der Waals surface area contributed by atoms with Gasteiger partial charge in [0.2, 0.25) is 5.91 Å². The summed E-state index contributed by atoms with van der Waals surface area (Å²) in [5.74, 6) is 2.54. The number of nitrogens with zero attached hydrogens (tertiary/aromatic N) is 3. The number of benzene rings is 1. The highest BCUT2D eigenvalue weighted by Gasteiger charge is 2.23. The summed E-state index contributed by atoms with van der Waals surface area (Å²) in [5, 5.41) is 0. The van der Waals surface area contributed by atoms with Gasteiger partial charge in [0.1, 0.15) is 5.76 Å². The van der Waals surface area contributed by atoms with E-state index >= 15 is 0 Å². The van der Waals surface area contributed by atoms with E-state index in [2.05, 4.69) is 17.9 Å². The van der Waals surface area contributed by atoms with Crippen LogP contribution in [0.4, 0.5) is 0 Å². The molecule has 1 aliphatic heterocycles. The van der Waals surface area contributed by atoms with Gasteiger partial charge < -0.3 is 18.8 Å².